The van der Waals surface area contributed by atoms with Crippen molar-refractivity contribution in [2.75, 3.05) is 0 Å². The number of rotatable bonds is 9. The molecular weight excluding hydrogens is 424 g/mol. The zero-order chi connectivity index (χ0) is 23.6. The number of carbonyl (C=O) groups is 1. The maximum Gasteiger partial charge on any atom is 0.271 e. The number of carbonyl (C=O) groups excluding carboxylic acids is 1. The minimum atomic E-state index is -0.302. The van der Waals surface area contributed by atoms with Crippen LogP contribution in [-0.2, 0) is 13.2 Å². The number of benzene rings is 4. The predicted octanol–water partition coefficient (Wildman–Crippen LogP) is 5.92. The van der Waals surface area contributed by atoms with Crippen molar-refractivity contribution < 1.29 is 14.3 Å². The van der Waals surface area contributed by atoms with Gasteiger partial charge in [0, 0.05) is 11.1 Å². The van der Waals surface area contributed by atoms with Crippen LogP contribution in [0.3, 0.4) is 0 Å². The van der Waals surface area contributed by atoms with Crippen molar-refractivity contribution >= 4 is 12.1 Å². The molecule has 5 nitrogen and oxygen atoms in total. The molecule has 0 bridgehead atoms. The van der Waals surface area contributed by atoms with E-state index in [-0.39, 0.29) is 5.91 Å². The fourth-order valence-electron chi connectivity index (χ4n) is 3.23. The van der Waals surface area contributed by atoms with Gasteiger partial charge in [0.05, 0.1) is 6.21 Å². The molecule has 0 heterocycles. The second kappa shape index (κ2) is 11.5. The number of amides is 1. The zero-order valence-electron chi connectivity index (χ0n) is 19.0. The molecule has 4 rings (SSSR count). The maximum atomic E-state index is 12.5. The molecule has 0 atom stereocenters. The molecule has 0 aliphatic carbocycles. The highest BCUT2D eigenvalue weighted by atomic mass is 16.5. The van der Waals surface area contributed by atoms with Crippen molar-refractivity contribution in [1.29, 1.82) is 0 Å². The van der Waals surface area contributed by atoms with Crippen molar-refractivity contribution in [3.8, 4) is 11.5 Å². The molecule has 0 aliphatic heterocycles. The van der Waals surface area contributed by atoms with E-state index in [1.54, 1.807) is 30.5 Å². The number of hydrogen-bond acceptors (Lipinski definition) is 4. The lowest BCUT2D eigenvalue weighted by atomic mass is 10.2. The highest BCUT2D eigenvalue weighted by Gasteiger charge is 2.06. The zero-order valence-corrected chi connectivity index (χ0v) is 19.0. The van der Waals surface area contributed by atoms with E-state index in [2.05, 4.69) is 29.6 Å². The van der Waals surface area contributed by atoms with Crippen LogP contribution in [0.5, 0.6) is 11.5 Å². The van der Waals surface area contributed by atoms with Gasteiger partial charge in [0.25, 0.3) is 5.91 Å². The molecule has 0 radical (unpaired) electrons. The summed E-state index contributed by atoms with van der Waals surface area (Å²) in [5.41, 5.74) is 7.22. The summed E-state index contributed by atoms with van der Waals surface area (Å²) in [4.78, 5) is 12.5. The lowest BCUT2D eigenvalue weighted by Gasteiger charge is -2.09. The number of aryl methyl sites for hydroxylation is 1. The van der Waals surface area contributed by atoms with Crippen LogP contribution < -0.4 is 14.9 Å². The van der Waals surface area contributed by atoms with Crippen LogP contribution in [0.1, 0.15) is 32.6 Å². The summed E-state index contributed by atoms with van der Waals surface area (Å²) in [5.74, 6) is 1.09. The number of nitrogens with one attached hydrogen (secondary N) is 1. The maximum absolute atomic E-state index is 12.5. The Hall–Kier alpha value is -4.38. The second-order valence-corrected chi connectivity index (χ2v) is 7.81. The summed E-state index contributed by atoms with van der Waals surface area (Å²) < 4.78 is 11.7. The Morgan fingerprint density at radius 1 is 0.765 bits per heavy atom. The quantitative estimate of drug-likeness (QED) is 0.254. The Morgan fingerprint density at radius 2 is 1.41 bits per heavy atom. The second-order valence-electron chi connectivity index (χ2n) is 7.81. The molecule has 0 fully saturated rings. The van der Waals surface area contributed by atoms with Gasteiger partial charge in [-0.3, -0.25) is 4.79 Å². The minimum absolute atomic E-state index is 0.302. The molecule has 0 aliphatic rings. The molecule has 0 aromatic heterocycles. The molecule has 4 aromatic rings. The largest absolute Gasteiger partial charge is 0.489 e. The molecular formula is C29H26N2O3. The number of hydrazone groups is 1. The van der Waals surface area contributed by atoms with Crippen LogP contribution >= 0.6 is 0 Å². The van der Waals surface area contributed by atoms with E-state index >= 15 is 0 Å². The molecule has 34 heavy (non-hydrogen) atoms. The first kappa shape index (κ1) is 22.8. The van der Waals surface area contributed by atoms with Crippen LogP contribution in [0.2, 0.25) is 0 Å². The Morgan fingerprint density at radius 3 is 2.18 bits per heavy atom. The Bertz CT molecular complexity index is 1230. The molecule has 170 valence electrons. The van der Waals surface area contributed by atoms with Gasteiger partial charge in [-0.25, -0.2) is 5.43 Å². The molecule has 0 saturated carbocycles. The average molecular weight is 451 g/mol. The van der Waals surface area contributed by atoms with Gasteiger partial charge in [0.15, 0.2) is 0 Å². The third kappa shape index (κ3) is 6.56. The molecule has 1 amide bonds. The standard InChI is InChI=1S/C29H26N2O3/c1-22-11-13-24(14-12-22)20-33-27-17-15-25(16-18-27)29(32)31-30-19-26-9-5-6-10-28(26)34-21-23-7-3-2-4-8-23/h2-19H,20-21H2,1H3,(H,31,32)/b30-19-. The van der Waals surface area contributed by atoms with Gasteiger partial charge < -0.3 is 9.47 Å². The summed E-state index contributed by atoms with van der Waals surface area (Å²) in [6, 6.07) is 32.7. The van der Waals surface area contributed by atoms with E-state index in [0.717, 1.165) is 16.7 Å². The van der Waals surface area contributed by atoms with Crippen molar-refractivity contribution in [3.05, 3.63) is 131 Å². The number of hydrogen-bond donors (Lipinski definition) is 1. The third-order valence-electron chi connectivity index (χ3n) is 5.17. The van der Waals surface area contributed by atoms with E-state index in [1.807, 2.05) is 66.7 Å². The van der Waals surface area contributed by atoms with Gasteiger partial charge in [-0.2, -0.15) is 5.10 Å². The summed E-state index contributed by atoms with van der Waals surface area (Å²) in [7, 11) is 0. The van der Waals surface area contributed by atoms with Crippen LogP contribution in [-0.4, -0.2) is 12.1 Å². The summed E-state index contributed by atoms with van der Waals surface area (Å²) in [6.07, 6.45) is 1.58. The van der Waals surface area contributed by atoms with Crippen molar-refractivity contribution in [3.63, 3.8) is 0 Å². The minimum Gasteiger partial charge on any atom is -0.489 e. The fourth-order valence-corrected chi connectivity index (χ4v) is 3.23. The Kier molecular flexibility index (Phi) is 7.70. The van der Waals surface area contributed by atoms with Crippen molar-refractivity contribution in [2.45, 2.75) is 20.1 Å². The average Bonchev–Trinajstić information content (AvgIpc) is 2.88. The van der Waals surface area contributed by atoms with Crippen LogP contribution in [0.25, 0.3) is 0 Å². The lowest BCUT2D eigenvalue weighted by molar-refractivity contribution is 0.0955. The van der Waals surface area contributed by atoms with Crippen LogP contribution in [0, 0.1) is 6.92 Å². The van der Waals surface area contributed by atoms with Crippen molar-refractivity contribution in [1.82, 2.24) is 5.43 Å². The normalized spacial score (nSPS) is 10.7. The lowest BCUT2D eigenvalue weighted by Crippen LogP contribution is -2.17. The molecule has 0 spiro atoms. The van der Waals surface area contributed by atoms with E-state index in [1.165, 1.54) is 5.56 Å². The van der Waals surface area contributed by atoms with Gasteiger partial charge in [-0.15, -0.1) is 0 Å². The fraction of sp³-hybridized carbons (Fsp3) is 0.103. The smallest absolute Gasteiger partial charge is 0.271 e. The topological polar surface area (TPSA) is 59.9 Å². The van der Waals surface area contributed by atoms with Crippen LogP contribution in [0.4, 0.5) is 0 Å². The van der Waals surface area contributed by atoms with E-state index in [0.29, 0.717) is 30.3 Å². The van der Waals surface area contributed by atoms with Gasteiger partial charge in [-0.05, 0) is 54.4 Å². The van der Waals surface area contributed by atoms with Gasteiger partial charge in [-0.1, -0.05) is 72.3 Å². The molecule has 4 aromatic carbocycles. The molecule has 5 heteroatoms. The van der Waals surface area contributed by atoms with Gasteiger partial charge in [0.1, 0.15) is 24.7 Å². The summed E-state index contributed by atoms with van der Waals surface area (Å²) in [5, 5.41) is 4.10. The van der Waals surface area contributed by atoms with Crippen molar-refractivity contribution in [2.24, 2.45) is 5.10 Å². The van der Waals surface area contributed by atoms with E-state index < -0.39 is 0 Å². The monoisotopic (exact) mass is 450 g/mol. The molecule has 1 N–H and O–H groups in total. The Balaban J connectivity index is 1.30. The number of ether oxygens (including phenoxy) is 2. The van der Waals surface area contributed by atoms with E-state index in [9.17, 15) is 4.79 Å². The molecule has 0 saturated heterocycles. The highest BCUT2D eigenvalue weighted by molar-refractivity contribution is 5.95. The van der Waals surface area contributed by atoms with Gasteiger partial charge >= 0.3 is 0 Å². The number of para-hydroxylation sites is 1. The third-order valence-corrected chi connectivity index (χ3v) is 5.17. The SMILES string of the molecule is Cc1ccc(COc2ccc(C(=O)N/N=C\c3ccccc3OCc3ccccc3)cc2)cc1. The van der Waals surface area contributed by atoms with E-state index in [4.69, 9.17) is 9.47 Å². The van der Waals surface area contributed by atoms with Gasteiger partial charge in [0.2, 0.25) is 0 Å². The first-order valence-corrected chi connectivity index (χ1v) is 11.0. The first-order valence-electron chi connectivity index (χ1n) is 11.0. The highest BCUT2D eigenvalue weighted by Crippen LogP contribution is 2.18. The Labute approximate surface area is 199 Å². The number of nitrogens with zero attached hydrogens (tertiary/aromatic N) is 1. The summed E-state index contributed by atoms with van der Waals surface area (Å²) in [6.45, 7) is 2.98. The first-order chi connectivity index (χ1) is 16.7. The molecule has 0 unspecified atom stereocenters. The predicted molar refractivity (Wildman–Crippen MR) is 134 cm³/mol. The van der Waals surface area contributed by atoms with Crippen LogP contribution in [0.15, 0.2) is 108 Å². The summed E-state index contributed by atoms with van der Waals surface area (Å²) >= 11 is 0.